The number of anilines is 1. The van der Waals surface area contributed by atoms with Crippen molar-refractivity contribution in [2.75, 3.05) is 18.0 Å². The van der Waals surface area contributed by atoms with E-state index >= 15 is 0 Å². The van der Waals surface area contributed by atoms with Crippen molar-refractivity contribution in [1.82, 2.24) is 20.6 Å². The lowest BCUT2D eigenvalue weighted by Gasteiger charge is -2.36. The van der Waals surface area contributed by atoms with Crippen molar-refractivity contribution in [2.24, 2.45) is 5.41 Å². The summed E-state index contributed by atoms with van der Waals surface area (Å²) in [5.41, 5.74) is -1.37. The van der Waals surface area contributed by atoms with Crippen LogP contribution in [0.3, 0.4) is 0 Å². The molecular weight excluding hydrogens is 513 g/mol. The van der Waals surface area contributed by atoms with Crippen LogP contribution < -0.4 is 15.5 Å². The number of benzene rings is 1. The Bertz CT molecular complexity index is 1190. The molecule has 0 atom stereocenters. The monoisotopic (exact) mass is 533 g/mol. The summed E-state index contributed by atoms with van der Waals surface area (Å²) in [4.78, 5) is 45.4. The Balaban J connectivity index is 1.37. The van der Waals surface area contributed by atoms with Gasteiger partial charge in [0.1, 0.15) is 12.2 Å². The minimum Gasteiger partial charge on any atom is -0.348 e. The Hall–Kier alpha value is -3.22. The van der Waals surface area contributed by atoms with Crippen molar-refractivity contribution in [3.05, 3.63) is 46.5 Å². The summed E-state index contributed by atoms with van der Waals surface area (Å²) in [6.07, 6.45) is -1.46. The number of aromatic nitrogens is 2. The standard InChI is InChI=1S/C22H21ClF5N5O3/c23-12-7-13(24)14(25)8-15(12)33-6-5-21(20(33)36)3-1-11(2-4-21)32-19(35)17-16(30-10-31-17)18(34)29-9-22(26,27)28/h7-8,10-11H,1-6,9H2,(H,29,34)(H,30,31)(H,32,35). The minimum atomic E-state index is -4.61. The van der Waals surface area contributed by atoms with Gasteiger partial charge in [0.05, 0.1) is 22.5 Å². The fourth-order valence-corrected chi connectivity index (χ4v) is 4.96. The molecule has 1 aliphatic carbocycles. The summed E-state index contributed by atoms with van der Waals surface area (Å²) in [5.74, 6) is -4.33. The molecular formula is C22H21ClF5N5O3. The molecule has 2 aliphatic rings. The molecule has 2 aromatic rings. The molecule has 2 fully saturated rings. The molecule has 0 unspecified atom stereocenters. The van der Waals surface area contributed by atoms with E-state index in [1.54, 1.807) is 5.32 Å². The fourth-order valence-electron chi connectivity index (χ4n) is 4.71. The highest BCUT2D eigenvalue weighted by molar-refractivity contribution is 6.34. The molecule has 4 rings (SSSR count). The zero-order valence-corrected chi connectivity index (χ0v) is 19.4. The van der Waals surface area contributed by atoms with E-state index in [9.17, 15) is 36.3 Å². The smallest absolute Gasteiger partial charge is 0.348 e. The molecule has 1 saturated carbocycles. The Kier molecular flexibility index (Phi) is 6.95. The maximum atomic E-state index is 13.7. The highest BCUT2D eigenvalue weighted by Gasteiger charge is 2.49. The van der Waals surface area contributed by atoms with Gasteiger partial charge in [-0.3, -0.25) is 14.4 Å². The Morgan fingerprint density at radius 3 is 2.47 bits per heavy atom. The molecule has 0 bridgehead atoms. The number of carbonyl (C=O) groups is 3. The number of alkyl halides is 3. The highest BCUT2D eigenvalue weighted by Crippen LogP contribution is 2.47. The van der Waals surface area contributed by atoms with Gasteiger partial charge in [0.2, 0.25) is 5.91 Å². The molecule has 3 N–H and O–H groups in total. The average molecular weight is 534 g/mol. The van der Waals surface area contributed by atoms with E-state index in [1.807, 2.05) is 0 Å². The number of rotatable bonds is 5. The summed E-state index contributed by atoms with van der Waals surface area (Å²) in [7, 11) is 0. The molecule has 1 aliphatic heterocycles. The SMILES string of the molecule is O=C(NC1CCC2(CC1)CCN(c1cc(F)c(F)cc1Cl)C2=O)c1nc[nH]c1C(=O)NCC(F)(F)F. The first-order chi connectivity index (χ1) is 16.9. The lowest BCUT2D eigenvalue weighted by molar-refractivity contribution is -0.127. The normalized spacial score (nSPS) is 22.2. The summed E-state index contributed by atoms with van der Waals surface area (Å²) in [6.45, 7) is -1.28. The van der Waals surface area contributed by atoms with E-state index in [1.165, 1.54) is 4.90 Å². The fraction of sp³-hybridized carbons (Fsp3) is 0.455. The molecule has 0 radical (unpaired) electrons. The largest absolute Gasteiger partial charge is 0.405 e. The third-order valence-electron chi connectivity index (χ3n) is 6.60. The van der Waals surface area contributed by atoms with Crippen LogP contribution in [0.15, 0.2) is 18.5 Å². The maximum Gasteiger partial charge on any atom is 0.405 e. The summed E-state index contributed by atoms with van der Waals surface area (Å²) >= 11 is 6.04. The van der Waals surface area contributed by atoms with Crippen molar-refractivity contribution >= 4 is 35.0 Å². The van der Waals surface area contributed by atoms with Gasteiger partial charge in [0, 0.05) is 18.7 Å². The van der Waals surface area contributed by atoms with Crippen molar-refractivity contribution in [3.63, 3.8) is 0 Å². The van der Waals surface area contributed by atoms with Gasteiger partial charge in [-0.1, -0.05) is 11.6 Å². The van der Waals surface area contributed by atoms with Gasteiger partial charge >= 0.3 is 6.18 Å². The predicted molar refractivity (Wildman–Crippen MR) is 117 cm³/mol. The number of hydrogen-bond donors (Lipinski definition) is 3. The molecule has 1 aromatic heterocycles. The second-order valence-corrected chi connectivity index (χ2v) is 9.28. The van der Waals surface area contributed by atoms with Crippen LogP contribution >= 0.6 is 11.6 Å². The molecule has 36 heavy (non-hydrogen) atoms. The summed E-state index contributed by atoms with van der Waals surface area (Å²) in [6, 6.07) is 1.36. The van der Waals surface area contributed by atoms with E-state index in [0.717, 1.165) is 18.5 Å². The molecule has 14 heteroatoms. The number of aromatic amines is 1. The quantitative estimate of drug-likeness (QED) is 0.402. The van der Waals surface area contributed by atoms with Crippen molar-refractivity contribution in [1.29, 1.82) is 0 Å². The molecule has 1 saturated heterocycles. The van der Waals surface area contributed by atoms with E-state index in [4.69, 9.17) is 11.6 Å². The van der Waals surface area contributed by atoms with Gasteiger partial charge in [-0.2, -0.15) is 13.2 Å². The average Bonchev–Trinajstić information content (AvgIpc) is 3.42. The first kappa shape index (κ1) is 25.9. The van der Waals surface area contributed by atoms with E-state index in [0.29, 0.717) is 32.1 Å². The summed E-state index contributed by atoms with van der Waals surface area (Å²) < 4.78 is 64.3. The van der Waals surface area contributed by atoms with E-state index < -0.39 is 47.3 Å². The van der Waals surface area contributed by atoms with Gasteiger partial charge < -0.3 is 20.5 Å². The number of H-pyrrole nitrogens is 1. The zero-order chi connectivity index (χ0) is 26.3. The molecule has 194 valence electrons. The van der Waals surface area contributed by atoms with Gasteiger partial charge in [0.25, 0.3) is 11.8 Å². The number of nitrogens with one attached hydrogen (secondary N) is 3. The van der Waals surface area contributed by atoms with Crippen LogP contribution in [0.4, 0.5) is 27.6 Å². The predicted octanol–water partition coefficient (Wildman–Crippen LogP) is 3.73. The minimum absolute atomic E-state index is 0.0747. The zero-order valence-electron chi connectivity index (χ0n) is 18.6. The van der Waals surface area contributed by atoms with Crippen molar-refractivity contribution in [3.8, 4) is 0 Å². The van der Waals surface area contributed by atoms with Gasteiger partial charge in [-0.25, -0.2) is 13.8 Å². The lowest BCUT2D eigenvalue weighted by atomic mass is 9.71. The Labute approximate surface area is 206 Å². The molecule has 1 aromatic carbocycles. The van der Waals surface area contributed by atoms with Gasteiger partial charge in [-0.15, -0.1) is 0 Å². The third kappa shape index (κ3) is 5.15. The highest BCUT2D eigenvalue weighted by atomic mass is 35.5. The molecule has 2 heterocycles. The van der Waals surface area contributed by atoms with Crippen LogP contribution in [0, 0.1) is 17.0 Å². The number of hydrogen-bond acceptors (Lipinski definition) is 4. The van der Waals surface area contributed by atoms with Gasteiger partial charge in [0.15, 0.2) is 17.3 Å². The van der Waals surface area contributed by atoms with E-state index in [-0.39, 0.29) is 34.9 Å². The second-order valence-electron chi connectivity index (χ2n) is 8.88. The van der Waals surface area contributed by atoms with Crippen LogP contribution in [0.1, 0.15) is 53.1 Å². The van der Waals surface area contributed by atoms with Crippen LogP contribution in [0.2, 0.25) is 5.02 Å². The third-order valence-corrected chi connectivity index (χ3v) is 6.90. The molecule has 1 spiro atoms. The number of amides is 3. The number of halogens is 6. The van der Waals surface area contributed by atoms with Crippen molar-refractivity contribution < 1.29 is 36.3 Å². The van der Waals surface area contributed by atoms with Crippen molar-refractivity contribution in [2.45, 2.75) is 44.3 Å². The summed E-state index contributed by atoms with van der Waals surface area (Å²) in [5, 5.41) is 4.32. The van der Waals surface area contributed by atoms with Crippen LogP contribution in [-0.2, 0) is 4.79 Å². The number of nitrogens with zero attached hydrogens (tertiary/aromatic N) is 2. The molecule has 3 amide bonds. The first-order valence-corrected chi connectivity index (χ1v) is 11.4. The Morgan fingerprint density at radius 2 is 1.81 bits per heavy atom. The second kappa shape index (κ2) is 9.68. The number of carbonyl (C=O) groups excluding carboxylic acids is 3. The molecule has 8 nitrogen and oxygen atoms in total. The topological polar surface area (TPSA) is 107 Å². The van der Waals surface area contributed by atoms with E-state index in [2.05, 4.69) is 15.3 Å². The van der Waals surface area contributed by atoms with Crippen LogP contribution in [0.5, 0.6) is 0 Å². The number of imidazole rings is 1. The Morgan fingerprint density at radius 1 is 1.14 bits per heavy atom. The van der Waals surface area contributed by atoms with Crippen LogP contribution in [0.25, 0.3) is 0 Å². The van der Waals surface area contributed by atoms with Crippen LogP contribution in [-0.4, -0.2) is 53.0 Å². The maximum absolute atomic E-state index is 13.7. The first-order valence-electron chi connectivity index (χ1n) is 11.1. The van der Waals surface area contributed by atoms with Gasteiger partial charge in [-0.05, 0) is 38.2 Å². The lowest BCUT2D eigenvalue weighted by Crippen LogP contribution is -2.44.